The minimum Gasteiger partial charge on any atom is -0.330 e. The predicted molar refractivity (Wildman–Crippen MR) is 54.5 cm³/mol. The van der Waals surface area contributed by atoms with E-state index in [0.29, 0.717) is 18.8 Å². The van der Waals surface area contributed by atoms with Crippen LogP contribution in [0.25, 0.3) is 11.4 Å². The van der Waals surface area contributed by atoms with Crippen LogP contribution in [0.3, 0.4) is 0 Å². The van der Waals surface area contributed by atoms with Crippen molar-refractivity contribution >= 4 is 0 Å². The molecule has 6 heteroatoms. The van der Waals surface area contributed by atoms with E-state index in [-0.39, 0.29) is 11.4 Å². The van der Waals surface area contributed by atoms with Gasteiger partial charge in [0, 0.05) is 12.5 Å². The maximum absolute atomic E-state index is 13.4. The highest BCUT2D eigenvalue weighted by Gasteiger charge is 2.11. The fourth-order valence-corrected chi connectivity index (χ4v) is 1.34. The lowest BCUT2D eigenvalue weighted by molar-refractivity contribution is 0.585. The van der Waals surface area contributed by atoms with Crippen LogP contribution >= 0.6 is 0 Å². The average Bonchev–Trinajstić information content (AvgIpc) is 2.67. The third kappa shape index (κ3) is 2.06. The molecule has 1 aromatic heterocycles. The molecule has 2 aromatic rings. The maximum atomic E-state index is 13.4. The van der Waals surface area contributed by atoms with Gasteiger partial charge in [0.05, 0.1) is 5.56 Å². The summed E-state index contributed by atoms with van der Waals surface area (Å²) in [5, 5.41) is 6.49. The van der Waals surface area contributed by atoms with Gasteiger partial charge in [-0.15, -0.1) is 0 Å². The second kappa shape index (κ2) is 4.36. The van der Waals surface area contributed by atoms with Gasteiger partial charge in [-0.1, -0.05) is 0 Å². The van der Waals surface area contributed by atoms with Crippen molar-refractivity contribution in [2.45, 2.75) is 6.42 Å². The van der Waals surface area contributed by atoms with Gasteiger partial charge in [0.2, 0.25) is 0 Å². The Hall–Kier alpha value is -1.82. The Morgan fingerprint density at radius 3 is 2.81 bits per heavy atom. The molecule has 0 saturated heterocycles. The smallest absolute Gasteiger partial charge is 0.184 e. The number of nitrogens with one attached hydrogen (secondary N) is 1. The first-order valence-corrected chi connectivity index (χ1v) is 4.77. The average molecular weight is 224 g/mol. The van der Waals surface area contributed by atoms with Crippen LogP contribution in [0.5, 0.6) is 0 Å². The second-order valence-corrected chi connectivity index (χ2v) is 3.27. The summed E-state index contributed by atoms with van der Waals surface area (Å²) < 4.78 is 26.1. The largest absolute Gasteiger partial charge is 0.330 e. The van der Waals surface area contributed by atoms with Crippen molar-refractivity contribution in [3.63, 3.8) is 0 Å². The summed E-state index contributed by atoms with van der Waals surface area (Å²) in [7, 11) is 0. The molecule has 0 aliphatic heterocycles. The first-order valence-electron chi connectivity index (χ1n) is 4.77. The Morgan fingerprint density at radius 2 is 2.12 bits per heavy atom. The highest BCUT2D eigenvalue weighted by molar-refractivity contribution is 5.55. The number of rotatable bonds is 3. The summed E-state index contributed by atoms with van der Waals surface area (Å²) in [6.07, 6.45) is 0.538. The molecular weight excluding hydrogens is 214 g/mol. The van der Waals surface area contributed by atoms with Crippen molar-refractivity contribution in [2.75, 3.05) is 6.54 Å². The number of halogens is 2. The molecule has 0 aliphatic rings. The minimum absolute atomic E-state index is 0.168. The molecule has 1 heterocycles. The Labute approximate surface area is 90.5 Å². The van der Waals surface area contributed by atoms with Gasteiger partial charge >= 0.3 is 0 Å². The van der Waals surface area contributed by atoms with E-state index in [1.165, 1.54) is 6.07 Å². The third-order valence-electron chi connectivity index (χ3n) is 2.08. The molecule has 1 aromatic carbocycles. The molecule has 0 saturated carbocycles. The normalized spacial score (nSPS) is 10.7. The van der Waals surface area contributed by atoms with Crippen LogP contribution in [0, 0.1) is 11.6 Å². The van der Waals surface area contributed by atoms with E-state index >= 15 is 0 Å². The molecule has 0 radical (unpaired) electrons. The van der Waals surface area contributed by atoms with E-state index in [1.54, 1.807) is 0 Å². The zero-order valence-electron chi connectivity index (χ0n) is 8.37. The SMILES string of the molecule is NCCc1nc(-c2ccc(F)cc2F)n[nH]1. The Morgan fingerprint density at radius 1 is 1.31 bits per heavy atom. The van der Waals surface area contributed by atoms with E-state index in [2.05, 4.69) is 15.2 Å². The van der Waals surface area contributed by atoms with E-state index in [4.69, 9.17) is 5.73 Å². The van der Waals surface area contributed by atoms with Crippen molar-refractivity contribution in [1.82, 2.24) is 15.2 Å². The van der Waals surface area contributed by atoms with Crippen LogP contribution in [0.4, 0.5) is 8.78 Å². The van der Waals surface area contributed by atoms with E-state index in [9.17, 15) is 8.78 Å². The standard InChI is InChI=1S/C10H10F2N4/c11-6-1-2-7(8(12)5-6)10-14-9(3-4-13)15-16-10/h1-2,5H,3-4,13H2,(H,14,15,16). The highest BCUT2D eigenvalue weighted by atomic mass is 19.1. The highest BCUT2D eigenvalue weighted by Crippen LogP contribution is 2.19. The zero-order valence-corrected chi connectivity index (χ0v) is 8.37. The number of aromatic nitrogens is 3. The Bertz CT molecular complexity index is 495. The number of benzene rings is 1. The molecule has 84 valence electrons. The minimum atomic E-state index is -0.682. The topological polar surface area (TPSA) is 67.6 Å². The van der Waals surface area contributed by atoms with Gasteiger partial charge in [-0.2, -0.15) is 5.10 Å². The van der Waals surface area contributed by atoms with Gasteiger partial charge in [0.25, 0.3) is 0 Å². The van der Waals surface area contributed by atoms with Gasteiger partial charge in [0.1, 0.15) is 17.5 Å². The second-order valence-electron chi connectivity index (χ2n) is 3.27. The van der Waals surface area contributed by atoms with Crippen molar-refractivity contribution in [2.24, 2.45) is 5.73 Å². The monoisotopic (exact) mass is 224 g/mol. The van der Waals surface area contributed by atoms with E-state index in [1.807, 2.05) is 0 Å². The maximum Gasteiger partial charge on any atom is 0.184 e. The van der Waals surface area contributed by atoms with Crippen molar-refractivity contribution in [3.05, 3.63) is 35.7 Å². The van der Waals surface area contributed by atoms with E-state index in [0.717, 1.165) is 12.1 Å². The number of aromatic amines is 1. The van der Waals surface area contributed by atoms with Crippen LogP contribution in [-0.4, -0.2) is 21.7 Å². The quantitative estimate of drug-likeness (QED) is 0.824. The van der Waals surface area contributed by atoms with Crippen LogP contribution in [0.15, 0.2) is 18.2 Å². The van der Waals surface area contributed by atoms with E-state index < -0.39 is 11.6 Å². The predicted octanol–water partition coefficient (Wildman–Crippen LogP) is 1.25. The summed E-state index contributed by atoms with van der Waals surface area (Å²) in [4.78, 5) is 4.05. The fourth-order valence-electron chi connectivity index (χ4n) is 1.34. The lowest BCUT2D eigenvalue weighted by Gasteiger charge is -1.97. The van der Waals surface area contributed by atoms with Crippen LogP contribution < -0.4 is 5.73 Å². The molecule has 0 bridgehead atoms. The molecule has 2 rings (SSSR count). The molecule has 3 N–H and O–H groups in total. The molecule has 0 unspecified atom stereocenters. The lowest BCUT2D eigenvalue weighted by atomic mass is 10.2. The summed E-state index contributed by atoms with van der Waals surface area (Å²) in [5.74, 6) is -0.514. The molecule has 0 atom stereocenters. The molecule has 0 fully saturated rings. The Kier molecular flexibility index (Phi) is 2.91. The van der Waals surface area contributed by atoms with Crippen LogP contribution in [-0.2, 0) is 6.42 Å². The van der Waals surface area contributed by atoms with Gasteiger partial charge < -0.3 is 5.73 Å². The summed E-state index contributed by atoms with van der Waals surface area (Å²) >= 11 is 0. The molecule has 0 amide bonds. The number of nitrogens with two attached hydrogens (primary N) is 1. The summed E-state index contributed by atoms with van der Waals surface area (Å²) in [6, 6.07) is 3.27. The molecule has 16 heavy (non-hydrogen) atoms. The molecule has 0 aliphatic carbocycles. The summed E-state index contributed by atoms with van der Waals surface area (Å²) in [5.41, 5.74) is 5.51. The Balaban J connectivity index is 2.35. The number of hydrogen-bond acceptors (Lipinski definition) is 3. The van der Waals surface area contributed by atoms with Crippen LogP contribution in [0.2, 0.25) is 0 Å². The van der Waals surface area contributed by atoms with Crippen LogP contribution in [0.1, 0.15) is 5.82 Å². The van der Waals surface area contributed by atoms with Crippen molar-refractivity contribution in [1.29, 1.82) is 0 Å². The number of nitrogens with zero attached hydrogens (tertiary/aromatic N) is 2. The molecule has 0 spiro atoms. The third-order valence-corrected chi connectivity index (χ3v) is 2.08. The lowest BCUT2D eigenvalue weighted by Crippen LogP contribution is -2.03. The zero-order chi connectivity index (χ0) is 11.5. The number of hydrogen-bond donors (Lipinski definition) is 2. The fraction of sp³-hybridized carbons (Fsp3) is 0.200. The van der Waals surface area contributed by atoms with Gasteiger partial charge in [-0.3, -0.25) is 5.10 Å². The van der Waals surface area contributed by atoms with Crippen molar-refractivity contribution in [3.8, 4) is 11.4 Å². The van der Waals surface area contributed by atoms with Crippen molar-refractivity contribution < 1.29 is 8.78 Å². The molecular formula is C10H10F2N4. The van der Waals surface area contributed by atoms with Gasteiger partial charge in [-0.25, -0.2) is 13.8 Å². The van der Waals surface area contributed by atoms with Gasteiger partial charge in [0.15, 0.2) is 5.82 Å². The summed E-state index contributed by atoms with van der Waals surface area (Å²) in [6.45, 7) is 0.431. The number of H-pyrrole nitrogens is 1. The first-order chi connectivity index (χ1) is 7.70. The first kappa shape index (κ1) is 10.7. The molecule has 4 nitrogen and oxygen atoms in total. The van der Waals surface area contributed by atoms with Gasteiger partial charge in [-0.05, 0) is 18.7 Å².